The Labute approximate surface area is 95.3 Å². The number of hydrogen-bond donors (Lipinski definition) is 2. The van der Waals surface area contributed by atoms with Crippen molar-refractivity contribution in [3.63, 3.8) is 0 Å². The Morgan fingerprint density at radius 2 is 2.25 bits per heavy atom. The molecule has 16 heavy (non-hydrogen) atoms. The second-order valence-electron chi connectivity index (χ2n) is 4.31. The summed E-state index contributed by atoms with van der Waals surface area (Å²) >= 11 is 0. The summed E-state index contributed by atoms with van der Waals surface area (Å²) in [6.45, 7) is 1.67. The maximum atomic E-state index is 11.4. The predicted octanol–water partition coefficient (Wildman–Crippen LogP) is 1.25. The third-order valence-electron chi connectivity index (χ3n) is 2.85. The molecule has 0 aromatic carbocycles. The first-order chi connectivity index (χ1) is 7.66. The molecule has 0 fully saturated rings. The number of rotatable bonds is 2. The zero-order valence-corrected chi connectivity index (χ0v) is 9.49. The number of carbonyl (C=O) groups excluding carboxylic acids is 1. The molecule has 1 amide bonds. The van der Waals surface area contributed by atoms with Crippen molar-refractivity contribution in [1.82, 2.24) is 4.98 Å². The summed E-state index contributed by atoms with van der Waals surface area (Å²) < 4.78 is 0. The number of amides is 1. The van der Waals surface area contributed by atoms with Gasteiger partial charge in [0.05, 0.1) is 17.9 Å². The highest BCUT2D eigenvalue weighted by Gasteiger charge is 2.13. The minimum atomic E-state index is -0.490. The minimum absolute atomic E-state index is 0.169. The molecule has 1 aromatic rings. The maximum absolute atomic E-state index is 11.4. The highest BCUT2D eigenvalue weighted by atomic mass is 16.2. The fourth-order valence-corrected chi connectivity index (χ4v) is 1.91. The van der Waals surface area contributed by atoms with Crippen molar-refractivity contribution in [2.45, 2.75) is 38.6 Å². The summed E-state index contributed by atoms with van der Waals surface area (Å²) in [5.41, 5.74) is 8.67. The van der Waals surface area contributed by atoms with E-state index in [0.29, 0.717) is 0 Å². The zero-order valence-electron chi connectivity index (χ0n) is 9.49. The molecule has 0 saturated heterocycles. The molecule has 0 unspecified atom stereocenters. The molecular weight excluding hydrogens is 202 g/mol. The molecule has 2 rings (SSSR count). The average Bonchev–Trinajstić information content (AvgIpc) is 2.28. The lowest BCUT2D eigenvalue weighted by Gasteiger charge is -2.16. The van der Waals surface area contributed by atoms with Crippen molar-refractivity contribution in [2.75, 3.05) is 5.32 Å². The van der Waals surface area contributed by atoms with E-state index in [4.69, 9.17) is 5.73 Å². The minimum Gasteiger partial charge on any atom is -0.323 e. The molecule has 1 atom stereocenters. The molecule has 0 bridgehead atoms. The van der Waals surface area contributed by atoms with Gasteiger partial charge in [0, 0.05) is 5.69 Å². The smallest absolute Gasteiger partial charge is 0.241 e. The molecule has 3 N–H and O–H groups in total. The number of hydrogen-bond acceptors (Lipinski definition) is 3. The van der Waals surface area contributed by atoms with Gasteiger partial charge in [-0.25, -0.2) is 0 Å². The SMILES string of the molecule is C[C@@H](N)C(=O)Nc1cnc2c(c1)CCCC2. The molecule has 1 aliphatic rings. The van der Waals surface area contributed by atoms with Crippen molar-refractivity contribution in [1.29, 1.82) is 0 Å². The summed E-state index contributed by atoms with van der Waals surface area (Å²) in [5, 5.41) is 2.77. The topological polar surface area (TPSA) is 68.0 Å². The molecule has 0 spiro atoms. The Kier molecular flexibility index (Phi) is 3.19. The average molecular weight is 219 g/mol. The second kappa shape index (κ2) is 4.61. The molecule has 0 radical (unpaired) electrons. The third-order valence-corrected chi connectivity index (χ3v) is 2.85. The van der Waals surface area contributed by atoms with Crippen LogP contribution in [0.1, 0.15) is 31.0 Å². The first kappa shape index (κ1) is 11.1. The van der Waals surface area contributed by atoms with Gasteiger partial charge in [0.15, 0.2) is 0 Å². The number of aromatic nitrogens is 1. The van der Waals surface area contributed by atoms with Crippen LogP contribution in [0.2, 0.25) is 0 Å². The van der Waals surface area contributed by atoms with Gasteiger partial charge in [-0.2, -0.15) is 0 Å². The lowest BCUT2D eigenvalue weighted by Crippen LogP contribution is -2.32. The largest absolute Gasteiger partial charge is 0.323 e. The monoisotopic (exact) mass is 219 g/mol. The fourth-order valence-electron chi connectivity index (χ4n) is 1.91. The van der Waals surface area contributed by atoms with Crippen molar-refractivity contribution >= 4 is 11.6 Å². The van der Waals surface area contributed by atoms with Crippen LogP contribution in [0.15, 0.2) is 12.3 Å². The van der Waals surface area contributed by atoms with Gasteiger partial charge in [-0.05, 0) is 44.2 Å². The molecule has 4 nitrogen and oxygen atoms in total. The van der Waals surface area contributed by atoms with E-state index in [9.17, 15) is 4.79 Å². The van der Waals surface area contributed by atoms with Gasteiger partial charge in [-0.3, -0.25) is 9.78 Å². The van der Waals surface area contributed by atoms with Crippen molar-refractivity contribution in [3.05, 3.63) is 23.5 Å². The number of nitrogens with one attached hydrogen (secondary N) is 1. The van der Waals surface area contributed by atoms with E-state index < -0.39 is 6.04 Å². The van der Waals surface area contributed by atoms with Crippen LogP contribution in [0.25, 0.3) is 0 Å². The highest BCUT2D eigenvalue weighted by Crippen LogP contribution is 2.21. The lowest BCUT2D eigenvalue weighted by atomic mass is 9.96. The number of nitrogens with zero attached hydrogens (tertiary/aromatic N) is 1. The van der Waals surface area contributed by atoms with E-state index in [1.165, 1.54) is 24.1 Å². The highest BCUT2D eigenvalue weighted by molar-refractivity contribution is 5.94. The summed E-state index contributed by atoms with van der Waals surface area (Å²) in [6.07, 6.45) is 6.25. The first-order valence-electron chi connectivity index (χ1n) is 5.71. The Hall–Kier alpha value is -1.42. The van der Waals surface area contributed by atoms with Gasteiger partial charge in [0.2, 0.25) is 5.91 Å². The Balaban J connectivity index is 2.14. The van der Waals surface area contributed by atoms with Crippen LogP contribution < -0.4 is 11.1 Å². The van der Waals surface area contributed by atoms with E-state index in [2.05, 4.69) is 10.3 Å². The van der Waals surface area contributed by atoms with Gasteiger partial charge in [0.1, 0.15) is 0 Å². The van der Waals surface area contributed by atoms with Crippen LogP contribution in [0.3, 0.4) is 0 Å². The first-order valence-corrected chi connectivity index (χ1v) is 5.71. The van der Waals surface area contributed by atoms with E-state index >= 15 is 0 Å². The van der Waals surface area contributed by atoms with Gasteiger partial charge >= 0.3 is 0 Å². The normalized spacial score (nSPS) is 16.4. The molecule has 1 heterocycles. The van der Waals surface area contributed by atoms with Gasteiger partial charge < -0.3 is 11.1 Å². The summed E-state index contributed by atoms with van der Waals surface area (Å²) in [7, 11) is 0. The fraction of sp³-hybridized carbons (Fsp3) is 0.500. The zero-order chi connectivity index (χ0) is 11.5. The summed E-state index contributed by atoms with van der Waals surface area (Å²) in [6, 6.07) is 1.53. The van der Waals surface area contributed by atoms with E-state index in [-0.39, 0.29) is 5.91 Å². The molecule has 0 saturated carbocycles. The number of carbonyl (C=O) groups is 1. The Bertz CT molecular complexity index is 401. The third kappa shape index (κ3) is 2.39. The quantitative estimate of drug-likeness (QED) is 0.786. The van der Waals surface area contributed by atoms with Crippen molar-refractivity contribution in [3.8, 4) is 0 Å². The molecule has 0 aliphatic heterocycles. The van der Waals surface area contributed by atoms with E-state index in [1.54, 1.807) is 13.1 Å². The van der Waals surface area contributed by atoms with Crippen LogP contribution in [0, 0.1) is 0 Å². The van der Waals surface area contributed by atoms with Gasteiger partial charge in [-0.1, -0.05) is 0 Å². The number of aryl methyl sites for hydroxylation is 2. The Morgan fingerprint density at radius 3 is 3.00 bits per heavy atom. The van der Waals surface area contributed by atoms with Crippen LogP contribution in [-0.4, -0.2) is 16.9 Å². The number of pyridine rings is 1. The molecule has 1 aliphatic carbocycles. The molecule has 1 aromatic heterocycles. The predicted molar refractivity (Wildman–Crippen MR) is 63.2 cm³/mol. The van der Waals surface area contributed by atoms with E-state index in [1.807, 2.05) is 6.07 Å². The van der Waals surface area contributed by atoms with Gasteiger partial charge in [0.25, 0.3) is 0 Å². The standard InChI is InChI=1S/C12H17N3O/c1-8(13)12(16)15-10-6-9-4-2-3-5-11(9)14-7-10/h6-8H,2-5,13H2,1H3,(H,15,16)/t8-/m1/s1. The molecule has 4 heteroatoms. The van der Waals surface area contributed by atoms with E-state index in [0.717, 1.165) is 18.5 Å². The Morgan fingerprint density at radius 1 is 1.50 bits per heavy atom. The number of anilines is 1. The lowest BCUT2D eigenvalue weighted by molar-refractivity contribution is -0.117. The number of fused-ring (bicyclic) bond motifs is 1. The number of nitrogens with two attached hydrogens (primary N) is 1. The molecular formula is C12H17N3O. The van der Waals surface area contributed by atoms with Crippen LogP contribution >= 0.6 is 0 Å². The van der Waals surface area contributed by atoms with Crippen LogP contribution in [-0.2, 0) is 17.6 Å². The van der Waals surface area contributed by atoms with Crippen LogP contribution in [0.5, 0.6) is 0 Å². The van der Waals surface area contributed by atoms with Crippen molar-refractivity contribution < 1.29 is 4.79 Å². The van der Waals surface area contributed by atoms with Crippen molar-refractivity contribution in [2.24, 2.45) is 5.73 Å². The maximum Gasteiger partial charge on any atom is 0.241 e. The summed E-state index contributed by atoms with van der Waals surface area (Å²) in [5.74, 6) is -0.169. The molecule has 86 valence electrons. The van der Waals surface area contributed by atoms with Gasteiger partial charge in [-0.15, -0.1) is 0 Å². The van der Waals surface area contributed by atoms with Crippen LogP contribution in [0.4, 0.5) is 5.69 Å². The second-order valence-corrected chi connectivity index (χ2v) is 4.31. The summed E-state index contributed by atoms with van der Waals surface area (Å²) in [4.78, 5) is 15.8.